The van der Waals surface area contributed by atoms with E-state index in [4.69, 9.17) is 0 Å². The highest BCUT2D eigenvalue weighted by atomic mass is 32.2. The van der Waals surface area contributed by atoms with Crippen molar-refractivity contribution in [3.63, 3.8) is 0 Å². The third kappa shape index (κ3) is 5.20. The van der Waals surface area contributed by atoms with Crippen LogP contribution in [0.4, 0.5) is 13.2 Å². The van der Waals surface area contributed by atoms with Crippen LogP contribution in [0.15, 0.2) is 29.2 Å². The standard InChI is InChI=1S/C18H26F3NO2S/c1-17(2,3)13-22(15-9-5-4-6-10-15)25(23,24)16-11-7-8-14(12-16)18(19,20)21/h7-8,11-12,15H,4-6,9-10,13H2,1-3H3. The zero-order chi connectivity index (χ0) is 18.9. The van der Waals surface area contributed by atoms with E-state index in [2.05, 4.69) is 0 Å². The molecule has 0 atom stereocenters. The average molecular weight is 377 g/mol. The molecule has 1 fully saturated rings. The first-order chi connectivity index (χ1) is 11.4. The number of benzene rings is 1. The first-order valence-electron chi connectivity index (χ1n) is 8.60. The first-order valence-corrected chi connectivity index (χ1v) is 10.0. The molecule has 0 aromatic heterocycles. The van der Waals surface area contributed by atoms with Crippen LogP contribution in [0, 0.1) is 5.41 Å². The summed E-state index contributed by atoms with van der Waals surface area (Å²) in [7, 11) is -3.98. The van der Waals surface area contributed by atoms with Gasteiger partial charge >= 0.3 is 6.18 Å². The zero-order valence-corrected chi connectivity index (χ0v) is 15.8. The number of sulfonamides is 1. The molecule has 3 nitrogen and oxygen atoms in total. The topological polar surface area (TPSA) is 37.4 Å². The van der Waals surface area contributed by atoms with Crippen LogP contribution < -0.4 is 0 Å². The predicted molar refractivity (Wildman–Crippen MR) is 91.7 cm³/mol. The van der Waals surface area contributed by atoms with E-state index in [1.807, 2.05) is 20.8 Å². The number of nitrogens with zero attached hydrogens (tertiary/aromatic N) is 1. The number of rotatable bonds is 4. The summed E-state index contributed by atoms with van der Waals surface area (Å²) in [4.78, 5) is -0.280. The van der Waals surface area contributed by atoms with Gasteiger partial charge in [0.05, 0.1) is 10.5 Å². The minimum atomic E-state index is -4.56. The smallest absolute Gasteiger partial charge is 0.207 e. The minimum absolute atomic E-state index is 0.146. The molecule has 0 bridgehead atoms. The second kappa shape index (κ2) is 7.27. The molecule has 0 heterocycles. The lowest BCUT2D eigenvalue weighted by atomic mass is 9.92. The molecule has 0 aliphatic heterocycles. The van der Waals surface area contributed by atoms with Crippen LogP contribution >= 0.6 is 0 Å². The average Bonchev–Trinajstić information content (AvgIpc) is 2.52. The molecule has 1 aromatic rings. The summed E-state index contributed by atoms with van der Waals surface area (Å²) in [5, 5.41) is 0. The molecule has 0 radical (unpaired) electrons. The van der Waals surface area contributed by atoms with E-state index in [1.54, 1.807) is 0 Å². The fourth-order valence-corrected chi connectivity index (χ4v) is 5.17. The monoisotopic (exact) mass is 377 g/mol. The molecule has 142 valence electrons. The van der Waals surface area contributed by atoms with Crippen molar-refractivity contribution >= 4 is 10.0 Å². The fourth-order valence-electron chi connectivity index (χ4n) is 3.22. The van der Waals surface area contributed by atoms with Gasteiger partial charge < -0.3 is 0 Å². The van der Waals surface area contributed by atoms with E-state index in [0.717, 1.165) is 50.3 Å². The molecule has 2 rings (SSSR count). The number of halogens is 3. The maximum absolute atomic E-state index is 13.1. The van der Waals surface area contributed by atoms with Crippen molar-refractivity contribution in [1.82, 2.24) is 4.31 Å². The highest BCUT2D eigenvalue weighted by Crippen LogP contribution is 2.34. The lowest BCUT2D eigenvalue weighted by molar-refractivity contribution is -0.137. The molecule has 1 aliphatic carbocycles. The Balaban J connectivity index is 2.43. The lowest BCUT2D eigenvalue weighted by Crippen LogP contribution is -2.45. The van der Waals surface area contributed by atoms with E-state index < -0.39 is 21.8 Å². The number of alkyl halides is 3. The minimum Gasteiger partial charge on any atom is -0.207 e. The molecule has 1 aliphatic rings. The quantitative estimate of drug-likeness (QED) is 0.734. The van der Waals surface area contributed by atoms with Crippen LogP contribution in [0.1, 0.15) is 58.4 Å². The van der Waals surface area contributed by atoms with Gasteiger partial charge in [-0.2, -0.15) is 17.5 Å². The molecule has 0 saturated heterocycles. The molecule has 0 N–H and O–H groups in total. The van der Waals surface area contributed by atoms with Gasteiger partial charge in [0, 0.05) is 12.6 Å². The van der Waals surface area contributed by atoms with Gasteiger partial charge in [0.25, 0.3) is 0 Å². The van der Waals surface area contributed by atoms with Crippen LogP contribution in [-0.4, -0.2) is 25.3 Å². The molecule has 7 heteroatoms. The SMILES string of the molecule is CC(C)(C)CN(C1CCCCC1)S(=O)(=O)c1cccc(C(F)(F)F)c1. The molecule has 0 amide bonds. The molecule has 25 heavy (non-hydrogen) atoms. The van der Waals surface area contributed by atoms with E-state index >= 15 is 0 Å². The Labute approximate surface area is 148 Å². The Morgan fingerprint density at radius 1 is 1.08 bits per heavy atom. The van der Waals surface area contributed by atoms with Crippen LogP contribution in [0.25, 0.3) is 0 Å². The Bertz CT molecular complexity index is 687. The summed E-state index contributed by atoms with van der Waals surface area (Å²) in [5.74, 6) is 0. The normalized spacial score (nSPS) is 17.9. The number of hydrogen-bond acceptors (Lipinski definition) is 2. The van der Waals surface area contributed by atoms with Gasteiger partial charge in [-0.25, -0.2) is 8.42 Å². The molecule has 0 unspecified atom stereocenters. The molecule has 1 aromatic carbocycles. The van der Waals surface area contributed by atoms with Crippen molar-refractivity contribution in [2.45, 2.75) is 70.0 Å². The second-order valence-corrected chi connectivity index (χ2v) is 9.82. The zero-order valence-electron chi connectivity index (χ0n) is 14.9. The lowest BCUT2D eigenvalue weighted by Gasteiger charge is -2.37. The van der Waals surface area contributed by atoms with Crippen molar-refractivity contribution in [1.29, 1.82) is 0 Å². The summed E-state index contributed by atoms with van der Waals surface area (Å²) < 4.78 is 66.6. The molecule has 0 spiro atoms. The summed E-state index contributed by atoms with van der Waals surface area (Å²) in [5.41, 5.74) is -1.22. The van der Waals surface area contributed by atoms with Crippen LogP contribution in [-0.2, 0) is 16.2 Å². The Morgan fingerprint density at radius 3 is 2.20 bits per heavy atom. The van der Waals surface area contributed by atoms with E-state index in [9.17, 15) is 21.6 Å². The van der Waals surface area contributed by atoms with E-state index in [-0.39, 0.29) is 22.9 Å². The Kier molecular flexibility index (Phi) is 5.88. The third-order valence-electron chi connectivity index (χ3n) is 4.38. The van der Waals surface area contributed by atoms with Crippen molar-refractivity contribution in [2.24, 2.45) is 5.41 Å². The van der Waals surface area contributed by atoms with Gasteiger partial charge in [-0.15, -0.1) is 0 Å². The Hall–Kier alpha value is -1.08. The van der Waals surface area contributed by atoms with Crippen LogP contribution in [0.3, 0.4) is 0 Å². The first kappa shape index (κ1) is 20.2. The van der Waals surface area contributed by atoms with Gasteiger partial charge in [-0.05, 0) is 36.5 Å². The van der Waals surface area contributed by atoms with Gasteiger partial charge in [-0.1, -0.05) is 46.1 Å². The second-order valence-electron chi connectivity index (χ2n) is 7.93. The van der Waals surface area contributed by atoms with Gasteiger partial charge in [0.15, 0.2) is 0 Å². The van der Waals surface area contributed by atoms with Crippen molar-refractivity contribution in [3.8, 4) is 0 Å². The van der Waals surface area contributed by atoms with Crippen LogP contribution in [0.5, 0.6) is 0 Å². The van der Waals surface area contributed by atoms with Crippen molar-refractivity contribution < 1.29 is 21.6 Å². The largest absolute Gasteiger partial charge is 0.416 e. The highest BCUT2D eigenvalue weighted by Gasteiger charge is 2.37. The van der Waals surface area contributed by atoms with Crippen LogP contribution in [0.2, 0.25) is 0 Å². The maximum atomic E-state index is 13.1. The fraction of sp³-hybridized carbons (Fsp3) is 0.667. The summed E-state index contributed by atoms with van der Waals surface area (Å²) in [6.45, 7) is 6.09. The predicted octanol–water partition coefficient (Wildman–Crippen LogP) is 5.07. The van der Waals surface area contributed by atoms with Gasteiger partial charge in [0.1, 0.15) is 0 Å². The summed E-state index contributed by atoms with van der Waals surface area (Å²) in [6, 6.07) is 3.91. The molecular formula is C18H26F3NO2S. The highest BCUT2D eigenvalue weighted by molar-refractivity contribution is 7.89. The Morgan fingerprint density at radius 2 is 1.68 bits per heavy atom. The third-order valence-corrected chi connectivity index (χ3v) is 6.27. The molecule has 1 saturated carbocycles. The van der Waals surface area contributed by atoms with Gasteiger partial charge in [-0.3, -0.25) is 0 Å². The summed E-state index contributed by atoms with van der Waals surface area (Å²) in [6.07, 6.45) is -0.0793. The van der Waals surface area contributed by atoms with E-state index in [0.29, 0.717) is 0 Å². The molecular weight excluding hydrogens is 351 g/mol. The van der Waals surface area contributed by atoms with Gasteiger partial charge in [0.2, 0.25) is 10.0 Å². The number of hydrogen-bond donors (Lipinski definition) is 0. The van der Waals surface area contributed by atoms with E-state index in [1.165, 1.54) is 10.4 Å². The van der Waals surface area contributed by atoms with Crippen molar-refractivity contribution in [3.05, 3.63) is 29.8 Å². The maximum Gasteiger partial charge on any atom is 0.416 e. The summed E-state index contributed by atoms with van der Waals surface area (Å²) >= 11 is 0. The van der Waals surface area contributed by atoms with Crippen molar-refractivity contribution in [2.75, 3.05) is 6.54 Å².